The van der Waals surface area contributed by atoms with E-state index in [1.165, 1.54) is 18.2 Å². The standard InChI is InChI=1S/C19H28N4O2S/c1-14(2)8-7-9-15(3)20-17(24)13-26-19-22-21-18(25)23(19)12-16-10-5-4-6-11-16/h4-6,10-11,14-15H,7-9,12-13H2,1-3H3,(H,20,24)(H,21,25). The maximum absolute atomic E-state index is 12.1. The summed E-state index contributed by atoms with van der Waals surface area (Å²) >= 11 is 1.27. The van der Waals surface area contributed by atoms with Gasteiger partial charge in [-0.2, -0.15) is 0 Å². The van der Waals surface area contributed by atoms with Gasteiger partial charge in [0.1, 0.15) is 0 Å². The van der Waals surface area contributed by atoms with Crippen molar-refractivity contribution >= 4 is 17.7 Å². The van der Waals surface area contributed by atoms with Crippen LogP contribution in [0.3, 0.4) is 0 Å². The number of nitrogens with one attached hydrogen (secondary N) is 2. The Morgan fingerprint density at radius 2 is 1.96 bits per heavy atom. The van der Waals surface area contributed by atoms with Gasteiger partial charge in [-0.1, -0.05) is 68.8 Å². The number of carbonyl (C=O) groups is 1. The lowest BCUT2D eigenvalue weighted by atomic mass is 10.0. The van der Waals surface area contributed by atoms with Gasteiger partial charge in [-0.15, -0.1) is 5.10 Å². The van der Waals surface area contributed by atoms with Crippen LogP contribution in [0.1, 0.15) is 45.6 Å². The van der Waals surface area contributed by atoms with Gasteiger partial charge in [0.15, 0.2) is 5.16 Å². The second-order valence-electron chi connectivity index (χ2n) is 6.97. The number of hydrogen-bond donors (Lipinski definition) is 2. The molecule has 2 N–H and O–H groups in total. The molecule has 0 aliphatic heterocycles. The van der Waals surface area contributed by atoms with Crippen molar-refractivity contribution in [2.24, 2.45) is 5.92 Å². The predicted molar refractivity (Wildman–Crippen MR) is 105 cm³/mol. The van der Waals surface area contributed by atoms with Gasteiger partial charge < -0.3 is 5.32 Å². The fourth-order valence-corrected chi connectivity index (χ4v) is 3.43. The van der Waals surface area contributed by atoms with Crippen LogP contribution < -0.4 is 11.0 Å². The summed E-state index contributed by atoms with van der Waals surface area (Å²) in [7, 11) is 0. The average molecular weight is 377 g/mol. The molecule has 0 bridgehead atoms. The Bertz CT molecular complexity index is 739. The molecular weight excluding hydrogens is 348 g/mol. The minimum Gasteiger partial charge on any atom is -0.353 e. The van der Waals surface area contributed by atoms with Crippen LogP contribution in [0.5, 0.6) is 0 Å². The molecule has 142 valence electrons. The molecule has 26 heavy (non-hydrogen) atoms. The van der Waals surface area contributed by atoms with E-state index in [2.05, 4.69) is 29.4 Å². The number of rotatable bonds is 10. The number of aromatic amines is 1. The van der Waals surface area contributed by atoms with Gasteiger partial charge in [0.25, 0.3) is 0 Å². The normalized spacial score (nSPS) is 12.3. The van der Waals surface area contributed by atoms with E-state index >= 15 is 0 Å². The molecule has 7 heteroatoms. The first kappa shape index (κ1) is 20.3. The summed E-state index contributed by atoms with van der Waals surface area (Å²) in [6.45, 7) is 6.88. The van der Waals surface area contributed by atoms with Crippen LogP contribution in [0.4, 0.5) is 0 Å². The molecular formula is C19H28N4O2S. The van der Waals surface area contributed by atoms with Crippen LogP contribution in [0, 0.1) is 5.92 Å². The Morgan fingerprint density at radius 1 is 1.23 bits per heavy atom. The van der Waals surface area contributed by atoms with E-state index in [4.69, 9.17) is 0 Å². The van der Waals surface area contributed by atoms with E-state index in [-0.39, 0.29) is 23.4 Å². The molecule has 0 radical (unpaired) electrons. The molecule has 0 saturated heterocycles. The third-order valence-corrected chi connectivity index (χ3v) is 5.04. The van der Waals surface area contributed by atoms with E-state index < -0.39 is 0 Å². The van der Waals surface area contributed by atoms with Crippen molar-refractivity contribution < 1.29 is 4.79 Å². The highest BCUT2D eigenvalue weighted by Crippen LogP contribution is 2.15. The largest absolute Gasteiger partial charge is 0.353 e. The van der Waals surface area contributed by atoms with Gasteiger partial charge >= 0.3 is 5.69 Å². The fraction of sp³-hybridized carbons (Fsp3) is 0.526. The average Bonchev–Trinajstić information content (AvgIpc) is 2.94. The van der Waals surface area contributed by atoms with Gasteiger partial charge in [0, 0.05) is 6.04 Å². The summed E-state index contributed by atoms with van der Waals surface area (Å²) in [5, 5.41) is 10.0. The van der Waals surface area contributed by atoms with Crippen molar-refractivity contribution in [3.05, 3.63) is 46.4 Å². The summed E-state index contributed by atoms with van der Waals surface area (Å²) in [5.74, 6) is 0.899. The summed E-state index contributed by atoms with van der Waals surface area (Å²) in [6, 6.07) is 9.87. The van der Waals surface area contributed by atoms with Crippen LogP contribution >= 0.6 is 11.8 Å². The fourth-order valence-electron chi connectivity index (χ4n) is 2.67. The molecule has 1 amide bonds. The monoisotopic (exact) mass is 376 g/mol. The minimum absolute atomic E-state index is 0.0336. The molecule has 1 aromatic carbocycles. The lowest BCUT2D eigenvalue weighted by molar-refractivity contribution is -0.119. The lowest BCUT2D eigenvalue weighted by Crippen LogP contribution is -2.34. The minimum atomic E-state index is -0.265. The molecule has 6 nitrogen and oxygen atoms in total. The molecule has 1 unspecified atom stereocenters. The first-order valence-electron chi connectivity index (χ1n) is 9.07. The summed E-state index contributed by atoms with van der Waals surface area (Å²) < 4.78 is 1.55. The molecule has 1 heterocycles. The number of hydrogen-bond acceptors (Lipinski definition) is 4. The van der Waals surface area contributed by atoms with Gasteiger partial charge in [-0.25, -0.2) is 9.89 Å². The van der Waals surface area contributed by atoms with Crippen molar-refractivity contribution in [2.45, 2.75) is 57.8 Å². The third-order valence-electron chi connectivity index (χ3n) is 4.07. The van der Waals surface area contributed by atoms with Gasteiger partial charge in [0.05, 0.1) is 12.3 Å². The van der Waals surface area contributed by atoms with Crippen LogP contribution in [-0.4, -0.2) is 32.5 Å². The van der Waals surface area contributed by atoms with E-state index in [0.29, 0.717) is 17.6 Å². The van der Waals surface area contributed by atoms with Gasteiger partial charge in [0.2, 0.25) is 5.91 Å². The number of nitrogens with zero attached hydrogens (tertiary/aromatic N) is 2. The molecule has 2 rings (SSSR count). The molecule has 0 aliphatic carbocycles. The molecule has 0 fully saturated rings. The Labute approximate surface area is 158 Å². The molecule has 1 aromatic heterocycles. The number of aromatic nitrogens is 3. The van der Waals surface area contributed by atoms with Crippen LogP contribution in [0.25, 0.3) is 0 Å². The quantitative estimate of drug-likeness (QED) is 0.625. The molecule has 0 spiro atoms. The Hall–Kier alpha value is -2.02. The molecule has 2 aromatic rings. The Balaban J connectivity index is 1.84. The van der Waals surface area contributed by atoms with Gasteiger partial charge in [-0.05, 0) is 24.8 Å². The predicted octanol–water partition coefficient (Wildman–Crippen LogP) is 3.04. The number of H-pyrrole nitrogens is 1. The van der Waals surface area contributed by atoms with Crippen molar-refractivity contribution in [3.8, 4) is 0 Å². The highest BCUT2D eigenvalue weighted by Gasteiger charge is 2.13. The number of benzene rings is 1. The summed E-state index contributed by atoms with van der Waals surface area (Å²) in [5.41, 5.74) is 0.750. The van der Waals surface area contributed by atoms with Crippen molar-refractivity contribution in [1.29, 1.82) is 0 Å². The topological polar surface area (TPSA) is 79.8 Å². The lowest BCUT2D eigenvalue weighted by Gasteiger charge is -2.14. The van der Waals surface area contributed by atoms with E-state index in [1.807, 2.05) is 37.3 Å². The SMILES string of the molecule is CC(C)CCCC(C)NC(=O)CSc1n[nH]c(=O)n1Cc1ccccc1. The zero-order valence-corrected chi connectivity index (χ0v) is 16.5. The first-order valence-corrected chi connectivity index (χ1v) is 10.1. The summed E-state index contributed by atoms with van der Waals surface area (Å²) in [6.07, 6.45) is 3.27. The maximum atomic E-state index is 12.1. The number of amides is 1. The zero-order chi connectivity index (χ0) is 18.9. The Morgan fingerprint density at radius 3 is 2.65 bits per heavy atom. The van der Waals surface area contributed by atoms with Crippen LogP contribution in [-0.2, 0) is 11.3 Å². The van der Waals surface area contributed by atoms with Crippen molar-refractivity contribution in [1.82, 2.24) is 20.1 Å². The number of thioether (sulfide) groups is 1. The van der Waals surface area contributed by atoms with Crippen molar-refractivity contribution in [2.75, 3.05) is 5.75 Å². The van der Waals surface area contributed by atoms with E-state index in [1.54, 1.807) is 4.57 Å². The maximum Gasteiger partial charge on any atom is 0.344 e. The van der Waals surface area contributed by atoms with Crippen LogP contribution in [0.2, 0.25) is 0 Å². The second kappa shape index (κ2) is 10.2. The molecule has 0 aliphatic rings. The van der Waals surface area contributed by atoms with E-state index in [0.717, 1.165) is 18.4 Å². The highest BCUT2D eigenvalue weighted by atomic mass is 32.2. The van der Waals surface area contributed by atoms with Crippen LogP contribution in [0.15, 0.2) is 40.3 Å². The second-order valence-corrected chi connectivity index (χ2v) is 7.91. The number of carbonyl (C=O) groups excluding carboxylic acids is 1. The van der Waals surface area contributed by atoms with Crippen molar-refractivity contribution in [3.63, 3.8) is 0 Å². The first-order chi connectivity index (χ1) is 12.5. The van der Waals surface area contributed by atoms with E-state index in [9.17, 15) is 9.59 Å². The molecule has 1 atom stereocenters. The highest BCUT2D eigenvalue weighted by molar-refractivity contribution is 7.99. The third kappa shape index (κ3) is 6.71. The van der Waals surface area contributed by atoms with Gasteiger partial charge in [-0.3, -0.25) is 9.36 Å². The summed E-state index contributed by atoms with van der Waals surface area (Å²) in [4.78, 5) is 24.1. The Kier molecular flexibility index (Phi) is 7.97. The smallest absolute Gasteiger partial charge is 0.344 e. The zero-order valence-electron chi connectivity index (χ0n) is 15.7. The molecule has 0 saturated carbocycles.